The Morgan fingerprint density at radius 3 is 2.72 bits per heavy atom. The first kappa shape index (κ1) is 18.4. The Labute approximate surface area is 174 Å². The lowest BCUT2D eigenvalue weighted by atomic mass is 9.96. The molecule has 2 aliphatic heterocycles. The number of nitrogens with one attached hydrogen (secondary N) is 1. The van der Waals surface area contributed by atoms with Gasteiger partial charge < -0.3 is 4.98 Å². The van der Waals surface area contributed by atoms with Gasteiger partial charge in [-0.2, -0.15) is 0 Å². The molecule has 1 N–H and O–H groups in total. The molecule has 2 aromatic carbocycles. The van der Waals surface area contributed by atoms with Crippen molar-refractivity contribution in [3.8, 4) is 0 Å². The number of benzene rings is 2. The van der Waals surface area contributed by atoms with Crippen LogP contribution in [0.15, 0.2) is 42.5 Å². The average Bonchev–Trinajstić information content (AvgIpc) is 3.20. The smallest absolute Gasteiger partial charge is 0.251 e. The standard InChI is InChI=1S/C23H22ClN3O2/c1-13-5-3-4-6-19(13)27-21(28)12-20(23(27)29)26-10-9-16-17-11-15(24)7-8-18(17)25-22(16)14(26)2/h3-8,11,14,20,25H,9-10,12H2,1-2H3. The van der Waals surface area contributed by atoms with E-state index in [1.165, 1.54) is 10.5 Å². The lowest BCUT2D eigenvalue weighted by Gasteiger charge is -2.36. The molecule has 6 heteroatoms. The van der Waals surface area contributed by atoms with E-state index in [9.17, 15) is 9.59 Å². The maximum Gasteiger partial charge on any atom is 0.251 e. The van der Waals surface area contributed by atoms with E-state index < -0.39 is 6.04 Å². The van der Waals surface area contributed by atoms with Crippen LogP contribution in [0.1, 0.15) is 36.2 Å². The second kappa shape index (κ2) is 6.71. The highest BCUT2D eigenvalue weighted by Gasteiger charge is 2.45. The molecule has 5 nitrogen and oxygen atoms in total. The van der Waals surface area contributed by atoms with E-state index in [0.29, 0.717) is 5.69 Å². The number of nitrogens with zero attached hydrogens (tertiary/aromatic N) is 2. The molecule has 1 fully saturated rings. The predicted octanol–water partition coefficient (Wildman–Crippen LogP) is 4.38. The molecule has 0 bridgehead atoms. The molecule has 148 valence electrons. The van der Waals surface area contributed by atoms with Gasteiger partial charge in [-0.05, 0) is 55.7 Å². The van der Waals surface area contributed by atoms with Crippen molar-refractivity contribution in [2.75, 3.05) is 11.4 Å². The summed E-state index contributed by atoms with van der Waals surface area (Å²) in [6.45, 7) is 4.76. The van der Waals surface area contributed by atoms with Crippen LogP contribution in [0.25, 0.3) is 10.9 Å². The maximum atomic E-state index is 13.3. The predicted molar refractivity (Wildman–Crippen MR) is 114 cm³/mol. The number of aromatic amines is 1. The van der Waals surface area contributed by atoms with Crippen molar-refractivity contribution in [1.29, 1.82) is 0 Å². The summed E-state index contributed by atoms with van der Waals surface area (Å²) in [5.41, 5.74) is 5.05. The Morgan fingerprint density at radius 1 is 1.14 bits per heavy atom. The summed E-state index contributed by atoms with van der Waals surface area (Å²) in [5, 5.41) is 1.87. The molecule has 2 amide bonds. The van der Waals surface area contributed by atoms with Gasteiger partial charge in [0.15, 0.2) is 0 Å². The first-order chi connectivity index (χ1) is 14.0. The topological polar surface area (TPSA) is 56.4 Å². The summed E-state index contributed by atoms with van der Waals surface area (Å²) in [5.74, 6) is -0.255. The minimum Gasteiger partial charge on any atom is -0.357 e. The molecule has 1 aromatic heterocycles. The minimum atomic E-state index is -0.430. The average molecular weight is 408 g/mol. The molecular formula is C23H22ClN3O2. The molecule has 2 aliphatic rings. The normalized spacial score (nSPS) is 22.5. The van der Waals surface area contributed by atoms with Crippen molar-refractivity contribution in [3.05, 3.63) is 64.3 Å². The van der Waals surface area contributed by atoms with Crippen molar-refractivity contribution < 1.29 is 9.59 Å². The summed E-state index contributed by atoms with van der Waals surface area (Å²) >= 11 is 6.20. The third-order valence-corrected chi connectivity index (χ3v) is 6.55. The number of para-hydroxylation sites is 1. The maximum absolute atomic E-state index is 13.3. The van der Waals surface area contributed by atoms with Gasteiger partial charge in [0.05, 0.1) is 18.2 Å². The third-order valence-electron chi connectivity index (χ3n) is 6.32. The second-order valence-corrected chi connectivity index (χ2v) is 8.38. The molecule has 0 aliphatic carbocycles. The van der Waals surface area contributed by atoms with Gasteiger partial charge in [-0.3, -0.25) is 14.5 Å². The Hall–Kier alpha value is -2.63. The lowest BCUT2D eigenvalue weighted by Crippen LogP contribution is -2.46. The largest absolute Gasteiger partial charge is 0.357 e. The second-order valence-electron chi connectivity index (χ2n) is 7.94. The van der Waals surface area contributed by atoms with E-state index in [4.69, 9.17) is 11.6 Å². The molecule has 0 saturated carbocycles. The van der Waals surface area contributed by atoms with Gasteiger partial charge >= 0.3 is 0 Å². The van der Waals surface area contributed by atoms with Crippen molar-refractivity contribution >= 4 is 40.0 Å². The molecule has 2 unspecified atom stereocenters. The van der Waals surface area contributed by atoms with Crippen molar-refractivity contribution in [3.63, 3.8) is 0 Å². The Bertz CT molecular complexity index is 1150. The van der Waals surface area contributed by atoms with Crippen LogP contribution in [0.4, 0.5) is 5.69 Å². The number of halogens is 1. The quantitative estimate of drug-likeness (QED) is 0.641. The number of imide groups is 1. The lowest BCUT2D eigenvalue weighted by molar-refractivity contribution is -0.123. The van der Waals surface area contributed by atoms with E-state index in [1.54, 1.807) is 0 Å². The molecule has 5 rings (SSSR count). The van der Waals surface area contributed by atoms with Crippen LogP contribution >= 0.6 is 11.6 Å². The molecule has 0 radical (unpaired) electrons. The molecule has 3 heterocycles. The van der Waals surface area contributed by atoms with Crippen LogP contribution < -0.4 is 4.90 Å². The number of H-pyrrole nitrogens is 1. The van der Waals surface area contributed by atoms with E-state index in [2.05, 4.69) is 16.8 Å². The van der Waals surface area contributed by atoms with Gasteiger partial charge in [0, 0.05) is 34.2 Å². The fourth-order valence-corrected chi connectivity index (χ4v) is 5.01. The van der Waals surface area contributed by atoms with Crippen molar-refractivity contribution in [1.82, 2.24) is 9.88 Å². The number of carbonyl (C=O) groups excluding carboxylic acids is 2. The Balaban J connectivity index is 1.48. The van der Waals surface area contributed by atoms with Gasteiger partial charge in [0.1, 0.15) is 0 Å². The number of carbonyl (C=O) groups is 2. The van der Waals surface area contributed by atoms with Gasteiger partial charge in [0.2, 0.25) is 5.91 Å². The van der Waals surface area contributed by atoms with Crippen molar-refractivity contribution in [2.24, 2.45) is 0 Å². The zero-order chi connectivity index (χ0) is 20.3. The van der Waals surface area contributed by atoms with Gasteiger partial charge in [-0.25, -0.2) is 4.90 Å². The number of aryl methyl sites for hydroxylation is 1. The van der Waals surface area contributed by atoms with E-state index in [0.717, 1.165) is 40.1 Å². The number of hydrogen-bond donors (Lipinski definition) is 1. The van der Waals surface area contributed by atoms with Gasteiger partial charge in [0.25, 0.3) is 5.91 Å². The summed E-state index contributed by atoms with van der Waals surface area (Å²) in [4.78, 5) is 33.1. The Morgan fingerprint density at radius 2 is 1.93 bits per heavy atom. The fourth-order valence-electron chi connectivity index (χ4n) is 4.84. The van der Waals surface area contributed by atoms with Crippen molar-refractivity contribution in [2.45, 2.75) is 38.8 Å². The Kier molecular flexibility index (Phi) is 4.26. The molecule has 1 saturated heterocycles. The van der Waals surface area contributed by atoms with Crippen LogP contribution in [0.5, 0.6) is 0 Å². The zero-order valence-corrected chi connectivity index (χ0v) is 17.2. The highest BCUT2D eigenvalue weighted by molar-refractivity contribution is 6.31. The fraction of sp³-hybridized carbons (Fsp3) is 0.304. The summed E-state index contributed by atoms with van der Waals surface area (Å²) in [7, 11) is 0. The monoisotopic (exact) mass is 407 g/mol. The number of anilines is 1. The molecule has 0 spiro atoms. The number of amides is 2. The first-order valence-corrected chi connectivity index (χ1v) is 10.3. The summed E-state index contributed by atoms with van der Waals surface area (Å²) < 4.78 is 0. The number of rotatable bonds is 2. The van der Waals surface area contributed by atoms with E-state index >= 15 is 0 Å². The molecule has 29 heavy (non-hydrogen) atoms. The van der Waals surface area contributed by atoms with Crippen LogP contribution in [0, 0.1) is 6.92 Å². The van der Waals surface area contributed by atoms with Crippen LogP contribution in [-0.2, 0) is 16.0 Å². The highest BCUT2D eigenvalue weighted by atomic mass is 35.5. The van der Waals surface area contributed by atoms with Crippen LogP contribution in [0.3, 0.4) is 0 Å². The first-order valence-electron chi connectivity index (χ1n) is 9.94. The summed E-state index contributed by atoms with van der Waals surface area (Å²) in [6, 6.07) is 13.0. The highest BCUT2D eigenvalue weighted by Crippen LogP contribution is 2.38. The number of hydrogen-bond acceptors (Lipinski definition) is 3. The van der Waals surface area contributed by atoms with Crippen LogP contribution in [-0.4, -0.2) is 34.3 Å². The minimum absolute atomic E-state index is 0.0171. The number of aromatic nitrogens is 1. The third kappa shape index (κ3) is 2.80. The zero-order valence-electron chi connectivity index (χ0n) is 16.4. The summed E-state index contributed by atoms with van der Waals surface area (Å²) in [6.07, 6.45) is 1.04. The van der Waals surface area contributed by atoms with E-state index in [-0.39, 0.29) is 24.3 Å². The SMILES string of the molecule is Cc1ccccc1N1C(=O)CC(N2CCc3c([nH]c4ccc(Cl)cc34)C2C)C1=O. The van der Waals surface area contributed by atoms with Gasteiger partial charge in [-0.15, -0.1) is 0 Å². The molecule has 2 atom stereocenters. The molecular weight excluding hydrogens is 386 g/mol. The van der Waals surface area contributed by atoms with Gasteiger partial charge in [-0.1, -0.05) is 29.8 Å². The number of fused-ring (bicyclic) bond motifs is 3. The van der Waals surface area contributed by atoms with E-state index in [1.807, 2.05) is 49.4 Å². The van der Waals surface area contributed by atoms with Crippen LogP contribution in [0.2, 0.25) is 5.02 Å². The molecule has 3 aromatic rings.